The highest BCUT2D eigenvalue weighted by molar-refractivity contribution is 5.89. The standard InChI is InChI=1S/C14H16N2O4/c1-14(2,3)20-13(18)10(7-15)11-6-5-9(8-16-11)12(17)19-4/h5-6,8,10H,1-4H3. The molecule has 0 bridgehead atoms. The molecule has 1 unspecified atom stereocenters. The van der Waals surface area contributed by atoms with Crippen molar-refractivity contribution >= 4 is 11.9 Å². The molecule has 1 rings (SSSR count). The summed E-state index contributed by atoms with van der Waals surface area (Å²) in [5.41, 5.74) is -0.204. The number of hydrogen-bond acceptors (Lipinski definition) is 6. The number of pyridine rings is 1. The van der Waals surface area contributed by atoms with E-state index < -0.39 is 23.5 Å². The van der Waals surface area contributed by atoms with Crippen LogP contribution in [-0.4, -0.2) is 29.6 Å². The summed E-state index contributed by atoms with van der Waals surface area (Å²) < 4.78 is 9.69. The maximum atomic E-state index is 11.9. The average Bonchev–Trinajstić information content (AvgIpc) is 2.37. The number of carbonyl (C=O) groups excluding carboxylic acids is 2. The van der Waals surface area contributed by atoms with E-state index in [2.05, 4.69) is 9.72 Å². The van der Waals surface area contributed by atoms with Gasteiger partial charge in [-0.1, -0.05) is 0 Å². The van der Waals surface area contributed by atoms with Crippen molar-refractivity contribution < 1.29 is 19.1 Å². The van der Waals surface area contributed by atoms with Gasteiger partial charge in [-0.25, -0.2) is 4.79 Å². The Balaban J connectivity index is 2.94. The van der Waals surface area contributed by atoms with Crippen LogP contribution in [0.4, 0.5) is 0 Å². The normalized spacial score (nSPS) is 12.2. The third-order valence-corrected chi connectivity index (χ3v) is 2.27. The number of ether oxygens (including phenoxy) is 2. The van der Waals surface area contributed by atoms with Gasteiger partial charge in [-0.2, -0.15) is 5.26 Å². The molecule has 1 atom stereocenters. The Morgan fingerprint density at radius 1 is 1.35 bits per heavy atom. The Morgan fingerprint density at radius 3 is 2.40 bits per heavy atom. The molecular weight excluding hydrogens is 260 g/mol. The molecule has 0 aromatic carbocycles. The number of esters is 2. The van der Waals surface area contributed by atoms with Gasteiger partial charge in [-0.05, 0) is 32.9 Å². The number of nitrogens with zero attached hydrogens (tertiary/aromatic N) is 2. The fourth-order valence-electron chi connectivity index (χ4n) is 1.41. The quantitative estimate of drug-likeness (QED) is 0.782. The second-order valence-electron chi connectivity index (χ2n) is 5.06. The third-order valence-electron chi connectivity index (χ3n) is 2.27. The Labute approximate surface area is 117 Å². The molecule has 20 heavy (non-hydrogen) atoms. The summed E-state index contributed by atoms with van der Waals surface area (Å²) in [7, 11) is 1.26. The molecule has 6 nitrogen and oxygen atoms in total. The first-order valence-corrected chi connectivity index (χ1v) is 5.95. The molecule has 0 saturated carbocycles. The number of carbonyl (C=O) groups is 2. The highest BCUT2D eigenvalue weighted by atomic mass is 16.6. The van der Waals surface area contributed by atoms with E-state index in [9.17, 15) is 9.59 Å². The van der Waals surface area contributed by atoms with E-state index in [0.717, 1.165) is 0 Å². The minimum Gasteiger partial charge on any atom is -0.465 e. The van der Waals surface area contributed by atoms with E-state index in [0.29, 0.717) is 0 Å². The predicted octanol–water partition coefficient (Wildman–Crippen LogP) is 1.82. The van der Waals surface area contributed by atoms with E-state index in [-0.39, 0.29) is 11.3 Å². The van der Waals surface area contributed by atoms with Crippen LogP contribution in [0.15, 0.2) is 18.3 Å². The van der Waals surface area contributed by atoms with Crippen LogP contribution < -0.4 is 0 Å². The summed E-state index contributed by atoms with van der Waals surface area (Å²) in [6.45, 7) is 5.15. The molecule has 0 N–H and O–H groups in total. The van der Waals surface area contributed by atoms with Crippen molar-refractivity contribution in [2.45, 2.75) is 32.3 Å². The largest absolute Gasteiger partial charge is 0.465 e. The number of nitriles is 1. The summed E-state index contributed by atoms with van der Waals surface area (Å²) >= 11 is 0. The van der Waals surface area contributed by atoms with E-state index in [4.69, 9.17) is 10.00 Å². The lowest BCUT2D eigenvalue weighted by Gasteiger charge is -2.21. The lowest BCUT2D eigenvalue weighted by atomic mass is 10.1. The molecule has 0 radical (unpaired) electrons. The van der Waals surface area contributed by atoms with Crippen molar-refractivity contribution in [1.82, 2.24) is 4.98 Å². The molecule has 106 valence electrons. The second-order valence-corrected chi connectivity index (χ2v) is 5.06. The van der Waals surface area contributed by atoms with Gasteiger partial charge in [0.1, 0.15) is 5.60 Å². The zero-order valence-electron chi connectivity index (χ0n) is 11.8. The molecule has 0 aliphatic carbocycles. The molecule has 0 aliphatic rings. The van der Waals surface area contributed by atoms with Gasteiger partial charge >= 0.3 is 11.9 Å². The van der Waals surface area contributed by atoms with Crippen LogP contribution in [0, 0.1) is 11.3 Å². The van der Waals surface area contributed by atoms with Crippen molar-refractivity contribution in [3.8, 4) is 6.07 Å². The van der Waals surface area contributed by atoms with Gasteiger partial charge in [0.05, 0.1) is 24.4 Å². The van der Waals surface area contributed by atoms with Crippen molar-refractivity contribution in [2.75, 3.05) is 7.11 Å². The number of methoxy groups -OCH3 is 1. The Hall–Kier alpha value is -2.42. The molecule has 0 spiro atoms. The van der Waals surface area contributed by atoms with Crippen molar-refractivity contribution in [2.24, 2.45) is 0 Å². The third kappa shape index (κ3) is 4.05. The van der Waals surface area contributed by atoms with Gasteiger partial charge in [0.2, 0.25) is 0 Å². The smallest absolute Gasteiger partial charge is 0.339 e. The van der Waals surface area contributed by atoms with E-state index in [1.165, 1.54) is 25.4 Å². The Bertz CT molecular complexity index is 538. The van der Waals surface area contributed by atoms with Crippen LogP contribution in [0.2, 0.25) is 0 Å². The predicted molar refractivity (Wildman–Crippen MR) is 69.8 cm³/mol. The number of hydrogen-bond donors (Lipinski definition) is 0. The first-order chi connectivity index (χ1) is 9.28. The molecule has 1 heterocycles. The minimum absolute atomic E-state index is 0.231. The molecule has 6 heteroatoms. The van der Waals surface area contributed by atoms with E-state index in [1.54, 1.807) is 20.8 Å². The molecular formula is C14H16N2O4. The minimum atomic E-state index is -1.12. The summed E-state index contributed by atoms with van der Waals surface area (Å²) in [4.78, 5) is 27.1. The van der Waals surface area contributed by atoms with Gasteiger partial charge in [-0.3, -0.25) is 9.78 Å². The average molecular weight is 276 g/mol. The fourth-order valence-corrected chi connectivity index (χ4v) is 1.41. The summed E-state index contributed by atoms with van der Waals surface area (Å²) in [5, 5.41) is 9.09. The number of rotatable bonds is 3. The van der Waals surface area contributed by atoms with Crippen molar-refractivity contribution in [1.29, 1.82) is 5.26 Å². The molecule has 1 aromatic rings. The van der Waals surface area contributed by atoms with Gasteiger partial charge in [-0.15, -0.1) is 0 Å². The van der Waals surface area contributed by atoms with Crippen LogP contribution in [-0.2, 0) is 14.3 Å². The SMILES string of the molecule is COC(=O)c1ccc(C(C#N)C(=O)OC(C)(C)C)nc1. The molecule has 0 amide bonds. The maximum absolute atomic E-state index is 11.9. The first-order valence-electron chi connectivity index (χ1n) is 5.95. The maximum Gasteiger partial charge on any atom is 0.339 e. The molecule has 0 saturated heterocycles. The molecule has 1 aromatic heterocycles. The zero-order chi connectivity index (χ0) is 15.3. The topological polar surface area (TPSA) is 89.3 Å². The Kier molecular flexibility index (Phi) is 4.81. The van der Waals surface area contributed by atoms with Gasteiger partial charge in [0, 0.05) is 6.20 Å². The number of aromatic nitrogens is 1. The summed E-state index contributed by atoms with van der Waals surface area (Å²) in [6, 6.07) is 4.73. The monoisotopic (exact) mass is 276 g/mol. The summed E-state index contributed by atoms with van der Waals surface area (Å²) in [5.74, 6) is -2.32. The van der Waals surface area contributed by atoms with Crippen LogP contribution >= 0.6 is 0 Å². The van der Waals surface area contributed by atoms with Crippen molar-refractivity contribution in [3.63, 3.8) is 0 Å². The lowest BCUT2D eigenvalue weighted by Crippen LogP contribution is -2.27. The van der Waals surface area contributed by atoms with Gasteiger partial charge in [0.15, 0.2) is 5.92 Å². The highest BCUT2D eigenvalue weighted by Crippen LogP contribution is 2.19. The molecule has 0 aliphatic heterocycles. The fraction of sp³-hybridized carbons (Fsp3) is 0.429. The molecule has 0 fully saturated rings. The van der Waals surface area contributed by atoms with E-state index in [1.807, 2.05) is 6.07 Å². The first kappa shape index (κ1) is 15.6. The lowest BCUT2D eigenvalue weighted by molar-refractivity contribution is -0.155. The van der Waals surface area contributed by atoms with Crippen LogP contribution in [0.5, 0.6) is 0 Å². The highest BCUT2D eigenvalue weighted by Gasteiger charge is 2.27. The van der Waals surface area contributed by atoms with Crippen molar-refractivity contribution in [3.05, 3.63) is 29.6 Å². The van der Waals surface area contributed by atoms with Crippen LogP contribution in [0.3, 0.4) is 0 Å². The Morgan fingerprint density at radius 2 is 2.00 bits per heavy atom. The second kappa shape index (κ2) is 6.15. The van der Waals surface area contributed by atoms with Gasteiger partial charge in [0.25, 0.3) is 0 Å². The van der Waals surface area contributed by atoms with Crippen LogP contribution in [0.25, 0.3) is 0 Å². The zero-order valence-corrected chi connectivity index (χ0v) is 11.8. The van der Waals surface area contributed by atoms with Crippen LogP contribution in [0.1, 0.15) is 42.7 Å². The summed E-state index contributed by atoms with van der Waals surface area (Å²) in [6.07, 6.45) is 1.26. The van der Waals surface area contributed by atoms with Gasteiger partial charge < -0.3 is 9.47 Å². The van der Waals surface area contributed by atoms with E-state index >= 15 is 0 Å².